The lowest BCUT2D eigenvalue weighted by Crippen LogP contribution is -2.49. The number of rotatable bonds is 5. The largest absolute Gasteiger partial charge is 0.494 e. The van der Waals surface area contributed by atoms with Crippen molar-refractivity contribution in [3.8, 4) is 11.3 Å². The van der Waals surface area contributed by atoms with Gasteiger partial charge in [-0.3, -0.25) is 4.79 Å². The molecule has 2 aliphatic heterocycles. The molecule has 9 nitrogen and oxygen atoms in total. The Balaban J connectivity index is 1.23. The molecular weight excluding hydrogens is 507 g/mol. The van der Waals surface area contributed by atoms with Crippen molar-refractivity contribution >= 4 is 35.4 Å². The van der Waals surface area contributed by atoms with Gasteiger partial charge in [-0.1, -0.05) is 42.5 Å². The second-order valence-electron chi connectivity index (χ2n) is 12.0. The number of carbonyl (C=O) groups is 2. The van der Waals surface area contributed by atoms with Crippen molar-refractivity contribution in [2.45, 2.75) is 70.4 Å². The summed E-state index contributed by atoms with van der Waals surface area (Å²) in [5.41, 5.74) is 2.10. The summed E-state index contributed by atoms with van der Waals surface area (Å²) in [6.45, 7) is 9.90. The first kappa shape index (κ1) is 26.6. The number of benzene rings is 2. The first-order valence-electron chi connectivity index (χ1n) is 13.8. The van der Waals surface area contributed by atoms with Crippen LogP contribution in [0.15, 0.2) is 54.7 Å². The molecule has 2 N–H and O–H groups in total. The van der Waals surface area contributed by atoms with E-state index in [1.807, 2.05) is 11.1 Å². The quantitative estimate of drug-likeness (QED) is 0.372. The third-order valence-corrected chi connectivity index (χ3v) is 8.88. The number of alkyl carbamates (subject to hydrolysis) is 1. The minimum absolute atomic E-state index is 0.0169. The third kappa shape index (κ3) is 4.39. The molecule has 2 bridgehead atoms. The van der Waals surface area contributed by atoms with Crippen LogP contribution < -0.4 is 10.8 Å². The Labute approximate surface area is 234 Å². The lowest BCUT2D eigenvalue weighted by Gasteiger charge is -2.33. The van der Waals surface area contributed by atoms with Crippen LogP contribution in [-0.4, -0.2) is 64.4 Å². The van der Waals surface area contributed by atoms with Crippen LogP contribution in [0.25, 0.3) is 22.0 Å². The number of hydrogen-bond donors (Lipinski definition) is 2. The number of likely N-dealkylation sites (tertiary alicyclic amines) is 1. The van der Waals surface area contributed by atoms with E-state index in [1.165, 1.54) is 7.11 Å². The van der Waals surface area contributed by atoms with Crippen LogP contribution in [0.4, 0.5) is 4.79 Å². The van der Waals surface area contributed by atoms with E-state index in [-0.39, 0.29) is 35.1 Å². The molecule has 0 unspecified atom stereocenters. The minimum Gasteiger partial charge on any atom is -0.453 e. The molecule has 10 heteroatoms. The van der Waals surface area contributed by atoms with E-state index in [0.717, 1.165) is 39.7 Å². The summed E-state index contributed by atoms with van der Waals surface area (Å²) in [4.78, 5) is 35.1. The van der Waals surface area contributed by atoms with Crippen LogP contribution in [0.2, 0.25) is 0 Å². The highest BCUT2D eigenvalue weighted by atomic mass is 16.7. The van der Waals surface area contributed by atoms with Crippen LogP contribution in [0.1, 0.15) is 52.9 Å². The maximum atomic E-state index is 13.3. The summed E-state index contributed by atoms with van der Waals surface area (Å²) < 4.78 is 17.1. The number of amides is 2. The number of aromatic nitrogens is 2. The van der Waals surface area contributed by atoms with Gasteiger partial charge in [0.1, 0.15) is 11.9 Å². The van der Waals surface area contributed by atoms with E-state index in [9.17, 15) is 9.59 Å². The van der Waals surface area contributed by atoms with Gasteiger partial charge in [-0.15, -0.1) is 0 Å². The van der Waals surface area contributed by atoms with Gasteiger partial charge in [-0.2, -0.15) is 0 Å². The van der Waals surface area contributed by atoms with Crippen molar-refractivity contribution in [2.75, 3.05) is 7.11 Å². The average Bonchev–Trinajstić information content (AvgIpc) is 3.70. The average molecular weight is 542 g/mol. The second-order valence-corrected chi connectivity index (χ2v) is 12.0. The standard InChI is InChI=1S/C30H35BN4O5/c1-17(33-28(37)38-6)27(36)35-23-12-10-21(15-23)25(35)26-32-16-24(34-26)20-8-7-19-14-22(11-9-18(19)13-20)31-39-29(2,3)30(4,5)40-31/h7-14,16-17,21,23,25H,15H2,1-6H3,(H,32,34)(H,33,37)/t17-,21-,23+,25-/m0/s1. The van der Waals surface area contributed by atoms with Crippen LogP contribution in [0.3, 0.4) is 0 Å². The lowest BCUT2D eigenvalue weighted by molar-refractivity contribution is -0.135. The maximum absolute atomic E-state index is 13.3. The molecule has 6 rings (SSSR count). The van der Waals surface area contributed by atoms with E-state index >= 15 is 0 Å². The van der Waals surface area contributed by atoms with Gasteiger partial charge in [0, 0.05) is 11.5 Å². The van der Waals surface area contributed by atoms with Gasteiger partial charge < -0.3 is 29.2 Å². The number of imidazole rings is 1. The molecule has 0 saturated carbocycles. The Kier molecular flexibility index (Phi) is 6.31. The van der Waals surface area contributed by atoms with Crippen molar-refractivity contribution in [1.29, 1.82) is 0 Å². The van der Waals surface area contributed by atoms with Crippen LogP contribution in [-0.2, 0) is 18.8 Å². The molecule has 2 amide bonds. The summed E-state index contributed by atoms with van der Waals surface area (Å²) in [5.74, 6) is 0.749. The molecule has 1 aliphatic carbocycles. The molecule has 0 spiro atoms. The number of fused-ring (bicyclic) bond motifs is 3. The smallest absolute Gasteiger partial charge is 0.453 e. The molecule has 40 heavy (non-hydrogen) atoms. The molecule has 4 atom stereocenters. The van der Waals surface area contributed by atoms with Crippen LogP contribution in [0.5, 0.6) is 0 Å². The number of nitrogens with zero attached hydrogens (tertiary/aromatic N) is 2. The van der Waals surface area contributed by atoms with Gasteiger partial charge in [0.2, 0.25) is 5.91 Å². The van der Waals surface area contributed by atoms with Gasteiger partial charge in [0.05, 0.1) is 42.3 Å². The topological polar surface area (TPSA) is 106 Å². The number of aromatic amines is 1. The third-order valence-electron chi connectivity index (χ3n) is 8.88. The second kappa shape index (κ2) is 9.49. The van der Waals surface area contributed by atoms with Crippen LogP contribution >= 0.6 is 0 Å². The monoisotopic (exact) mass is 542 g/mol. The van der Waals surface area contributed by atoms with E-state index in [0.29, 0.717) is 0 Å². The normalized spacial score (nSPS) is 25.0. The zero-order valence-electron chi connectivity index (χ0n) is 23.7. The van der Waals surface area contributed by atoms with Crippen molar-refractivity contribution in [1.82, 2.24) is 20.2 Å². The van der Waals surface area contributed by atoms with Gasteiger partial charge in [-0.25, -0.2) is 9.78 Å². The molecule has 0 radical (unpaired) electrons. The zero-order valence-corrected chi connectivity index (χ0v) is 23.7. The van der Waals surface area contributed by atoms with Gasteiger partial charge in [-0.05, 0) is 63.3 Å². The highest BCUT2D eigenvalue weighted by Crippen LogP contribution is 2.46. The molecule has 2 fully saturated rings. The Bertz CT molecular complexity index is 1500. The molecule has 2 aromatic carbocycles. The molecule has 2 saturated heterocycles. The van der Waals surface area contributed by atoms with Crippen molar-refractivity contribution in [3.05, 3.63) is 60.6 Å². The predicted molar refractivity (Wildman–Crippen MR) is 153 cm³/mol. The number of ether oxygens (including phenoxy) is 1. The summed E-state index contributed by atoms with van der Waals surface area (Å²) in [6, 6.07) is 11.6. The first-order valence-corrected chi connectivity index (χ1v) is 13.8. The highest BCUT2D eigenvalue weighted by molar-refractivity contribution is 6.62. The van der Waals surface area contributed by atoms with Gasteiger partial charge >= 0.3 is 13.2 Å². The predicted octanol–water partition coefficient (Wildman–Crippen LogP) is 4.10. The zero-order chi connectivity index (χ0) is 28.4. The number of nitrogens with one attached hydrogen (secondary N) is 2. The number of methoxy groups -OCH3 is 1. The van der Waals surface area contributed by atoms with Crippen molar-refractivity contribution in [2.24, 2.45) is 5.92 Å². The molecular formula is C30H35BN4O5. The van der Waals surface area contributed by atoms with Crippen LogP contribution in [0, 0.1) is 5.92 Å². The number of H-pyrrole nitrogens is 1. The Hall–Kier alpha value is -3.63. The fourth-order valence-electron chi connectivity index (χ4n) is 5.91. The van der Waals surface area contributed by atoms with Gasteiger partial charge in [0.15, 0.2) is 0 Å². The van der Waals surface area contributed by atoms with E-state index in [2.05, 4.69) is 91.3 Å². The van der Waals surface area contributed by atoms with Crippen molar-refractivity contribution in [3.63, 3.8) is 0 Å². The molecule has 3 aromatic rings. The molecule has 3 aliphatic rings. The Morgan fingerprint density at radius 2 is 1.80 bits per heavy atom. The SMILES string of the molecule is COC(=O)N[C@@H](C)C(=O)N1[C@@H]2C=C[C@@H](C2)[C@H]1c1ncc(-c2ccc3cc(B4OC(C)(C)C(C)(C)O4)ccc3c2)[nH]1. The summed E-state index contributed by atoms with van der Waals surface area (Å²) in [5, 5.41) is 4.78. The minimum atomic E-state index is -0.709. The fraction of sp³-hybridized carbons (Fsp3) is 0.433. The number of hydrogen-bond acceptors (Lipinski definition) is 6. The maximum Gasteiger partial charge on any atom is 0.494 e. The molecule has 1 aromatic heterocycles. The highest BCUT2D eigenvalue weighted by Gasteiger charge is 2.52. The van der Waals surface area contributed by atoms with Gasteiger partial charge in [0.25, 0.3) is 0 Å². The van der Waals surface area contributed by atoms with E-state index < -0.39 is 19.3 Å². The lowest BCUT2D eigenvalue weighted by atomic mass is 9.78. The number of carbonyl (C=O) groups excluding carboxylic acids is 2. The molecule has 3 heterocycles. The Morgan fingerprint density at radius 1 is 1.10 bits per heavy atom. The Morgan fingerprint density at radius 3 is 2.52 bits per heavy atom. The van der Waals surface area contributed by atoms with Crippen molar-refractivity contribution < 1.29 is 23.6 Å². The fourth-order valence-corrected chi connectivity index (χ4v) is 5.91. The van der Waals surface area contributed by atoms with E-state index in [1.54, 1.807) is 6.92 Å². The first-order chi connectivity index (χ1) is 19.0. The molecule has 208 valence electrons. The summed E-state index contributed by atoms with van der Waals surface area (Å²) in [6.07, 6.45) is 6.27. The van der Waals surface area contributed by atoms with E-state index in [4.69, 9.17) is 14.3 Å². The summed E-state index contributed by atoms with van der Waals surface area (Å²) >= 11 is 0. The summed E-state index contributed by atoms with van der Waals surface area (Å²) in [7, 11) is 0.877.